The van der Waals surface area contributed by atoms with E-state index in [-0.39, 0.29) is 5.97 Å². The number of benzene rings is 2. The Bertz CT molecular complexity index is 1040. The van der Waals surface area contributed by atoms with Crippen molar-refractivity contribution in [1.29, 1.82) is 0 Å². The maximum absolute atomic E-state index is 12.6. The van der Waals surface area contributed by atoms with Gasteiger partial charge in [0.25, 0.3) is 0 Å². The highest BCUT2D eigenvalue weighted by atomic mass is 16.7. The first kappa shape index (κ1) is 18.5. The largest absolute Gasteiger partial charge is 0.462 e. The first-order chi connectivity index (χ1) is 13.5. The van der Waals surface area contributed by atoms with Gasteiger partial charge in [0.1, 0.15) is 11.3 Å². The molecule has 1 atom stereocenters. The number of ether oxygens (including phenoxy) is 3. The lowest BCUT2D eigenvalue weighted by Crippen LogP contribution is -2.39. The van der Waals surface area contributed by atoms with E-state index in [4.69, 9.17) is 19.2 Å². The molecule has 0 radical (unpaired) electrons. The topological polar surface area (TPSA) is 62.6 Å². The zero-order valence-corrected chi connectivity index (χ0v) is 16.6. The van der Waals surface area contributed by atoms with Gasteiger partial charge in [-0.1, -0.05) is 30.3 Å². The van der Waals surface area contributed by atoms with Crippen LogP contribution in [0.15, 0.2) is 36.4 Å². The van der Waals surface area contributed by atoms with E-state index in [1.54, 1.807) is 14.0 Å². The second-order valence-electron chi connectivity index (χ2n) is 6.96. The molecule has 2 heterocycles. The molecule has 3 aromatic rings. The van der Waals surface area contributed by atoms with Crippen molar-refractivity contribution >= 4 is 17.0 Å². The predicted molar refractivity (Wildman–Crippen MR) is 105 cm³/mol. The monoisotopic (exact) mass is 380 g/mol. The summed E-state index contributed by atoms with van der Waals surface area (Å²) >= 11 is 0. The summed E-state index contributed by atoms with van der Waals surface area (Å²) in [6, 6.07) is 11.7. The fourth-order valence-electron chi connectivity index (χ4n) is 3.86. The number of aryl methyl sites for hydroxylation is 2. The van der Waals surface area contributed by atoms with E-state index in [0.29, 0.717) is 30.8 Å². The fourth-order valence-corrected chi connectivity index (χ4v) is 3.86. The maximum atomic E-state index is 12.6. The Morgan fingerprint density at radius 2 is 2.07 bits per heavy atom. The highest BCUT2D eigenvalue weighted by Gasteiger charge is 2.41. The first-order valence-corrected chi connectivity index (χ1v) is 9.46. The van der Waals surface area contributed by atoms with E-state index in [1.165, 1.54) is 0 Å². The van der Waals surface area contributed by atoms with Crippen LogP contribution in [0.25, 0.3) is 11.0 Å². The van der Waals surface area contributed by atoms with Gasteiger partial charge in [0.2, 0.25) is 5.79 Å². The molecule has 1 aliphatic rings. The lowest BCUT2D eigenvalue weighted by atomic mass is 9.91. The molecule has 146 valence electrons. The number of esters is 1. The molecule has 4 rings (SSSR count). The van der Waals surface area contributed by atoms with E-state index in [0.717, 1.165) is 28.0 Å². The van der Waals surface area contributed by atoms with Gasteiger partial charge < -0.3 is 18.8 Å². The second kappa shape index (κ2) is 6.95. The number of carbonyl (C=O) groups is 1. The minimum absolute atomic E-state index is 0.322. The SMILES string of the molecule is CCOC(=O)c1cc2c(nc(C)n2C)c2c1CCC(OC)(c1ccccc1)O2. The summed E-state index contributed by atoms with van der Waals surface area (Å²) in [5.74, 6) is 0.184. The molecule has 28 heavy (non-hydrogen) atoms. The third kappa shape index (κ3) is 2.76. The average molecular weight is 380 g/mol. The third-order valence-electron chi connectivity index (χ3n) is 5.47. The molecule has 0 saturated heterocycles. The number of carbonyl (C=O) groups excluding carboxylic acids is 1. The van der Waals surface area contributed by atoms with Gasteiger partial charge in [0.15, 0.2) is 5.75 Å². The van der Waals surface area contributed by atoms with Crippen LogP contribution < -0.4 is 4.74 Å². The van der Waals surface area contributed by atoms with E-state index >= 15 is 0 Å². The summed E-state index contributed by atoms with van der Waals surface area (Å²) in [7, 11) is 3.57. The van der Waals surface area contributed by atoms with Crippen molar-refractivity contribution in [1.82, 2.24) is 9.55 Å². The zero-order valence-electron chi connectivity index (χ0n) is 16.6. The van der Waals surface area contributed by atoms with Crippen LogP contribution in [0.2, 0.25) is 0 Å². The number of aromatic nitrogens is 2. The molecule has 1 aromatic heterocycles. The molecule has 0 saturated carbocycles. The van der Waals surface area contributed by atoms with Crippen molar-refractivity contribution < 1.29 is 19.0 Å². The third-order valence-corrected chi connectivity index (χ3v) is 5.47. The van der Waals surface area contributed by atoms with Gasteiger partial charge in [-0.05, 0) is 26.3 Å². The summed E-state index contributed by atoms with van der Waals surface area (Å²) in [6.45, 7) is 4.06. The highest BCUT2D eigenvalue weighted by Crippen LogP contribution is 2.45. The Hall–Kier alpha value is -2.86. The van der Waals surface area contributed by atoms with Gasteiger partial charge in [-0.2, -0.15) is 0 Å². The van der Waals surface area contributed by atoms with Crippen LogP contribution in [0.1, 0.15) is 40.7 Å². The Morgan fingerprint density at radius 1 is 1.32 bits per heavy atom. The molecule has 6 heteroatoms. The highest BCUT2D eigenvalue weighted by molar-refractivity contribution is 5.99. The summed E-state index contributed by atoms with van der Waals surface area (Å²) in [4.78, 5) is 17.3. The van der Waals surface area contributed by atoms with Crippen LogP contribution in [0.4, 0.5) is 0 Å². The lowest BCUT2D eigenvalue weighted by Gasteiger charge is -2.38. The van der Waals surface area contributed by atoms with E-state index in [2.05, 4.69) is 0 Å². The number of imidazole rings is 1. The van der Waals surface area contributed by atoms with E-state index in [9.17, 15) is 4.79 Å². The number of methoxy groups -OCH3 is 1. The molecular formula is C22H24N2O4. The smallest absolute Gasteiger partial charge is 0.338 e. The van der Waals surface area contributed by atoms with Crippen LogP contribution in [-0.4, -0.2) is 29.2 Å². The molecule has 0 aliphatic carbocycles. The standard InChI is InChI=1S/C22H24N2O4/c1-5-27-21(25)17-13-18-19(23-14(2)24(18)3)20-16(17)11-12-22(26-4,28-20)15-9-7-6-8-10-15/h6-10,13H,5,11-12H2,1-4H3. The minimum atomic E-state index is -0.917. The minimum Gasteiger partial charge on any atom is -0.462 e. The lowest BCUT2D eigenvalue weighted by molar-refractivity contribution is -0.183. The Morgan fingerprint density at radius 3 is 2.75 bits per heavy atom. The number of rotatable bonds is 4. The first-order valence-electron chi connectivity index (χ1n) is 9.46. The summed E-state index contributed by atoms with van der Waals surface area (Å²) in [5.41, 5.74) is 3.86. The van der Waals surface area contributed by atoms with Crippen molar-refractivity contribution in [2.75, 3.05) is 13.7 Å². The summed E-state index contributed by atoms with van der Waals surface area (Å²) < 4.78 is 19.6. The average Bonchev–Trinajstić information content (AvgIpc) is 3.02. The van der Waals surface area contributed by atoms with Crippen molar-refractivity contribution in [3.63, 3.8) is 0 Å². The van der Waals surface area contributed by atoms with Crippen LogP contribution in [0.5, 0.6) is 5.75 Å². The predicted octanol–water partition coefficient (Wildman–Crippen LogP) is 3.88. The van der Waals surface area contributed by atoms with Gasteiger partial charge in [-0.25, -0.2) is 9.78 Å². The molecule has 0 fully saturated rings. The van der Waals surface area contributed by atoms with Crippen LogP contribution in [0.3, 0.4) is 0 Å². The number of hydrogen-bond acceptors (Lipinski definition) is 5. The van der Waals surface area contributed by atoms with Gasteiger partial charge in [-0.15, -0.1) is 0 Å². The van der Waals surface area contributed by atoms with E-state index < -0.39 is 5.79 Å². The maximum Gasteiger partial charge on any atom is 0.338 e. The van der Waals surface area contributed by atoms with Gasteiger partial charge in [0, 0.05) is 31.7 Å². The quantitative estimate of drug-likeness (QED) is 0.643. The van der Waals surface area contributed by atoms with Crippen molar-refractivity contribution in [3.05, 3.63) is 58.9 Å². The van der Waals surface area contributed by atoms with Gasteiger partial charge in [-0.3, -0.25) is 0 Å². The molecule has 0 bridgehead atoms. The van der Waals surface area contributed by atoms with Gasteiger partial charge >= 0.3 is 5.97 Å². The molecule has 0 amide bonds. The second-order valence-corrected chi connectivity index (χ2v) is 6.96. The molecule has 0 N–H and O–H groups in total. The number of nitrogens with zero attached hydrogens (tertiary/aromatic N) is 2. The van der Waals surface area contributed by atoms with Crippen molar-refractivity contribution in [2.45, 2.75) is 32.5 Å². The van der Waals surface area contributed by atoms with Crippen molar-refractivity contribution in [3.8, 4) is 5.75 Å². The zero-order chi connectivity index (χ0) is 19.9. The Balaban J connectivity index is 1.94. The number of fused-ring (bicyclic) bond motifs is 3. The molecule has 1 aliphatic heterocycles. The summed E-state index contributed by atoms with van der Waals surface area (Å²) in [5, 5.41) is 0. The Kier molecular flexibility index (Phi) is 4.59. The molecule has 1 unspecified atom stereocenters. The van der Waals surface area contributed by atoms with Crippen LogP contribution in [0, 0.1) is 6.92 Å². The molecular weight excluding hydrogens is 356 g/mol. The Labute approximate surface area is 164 Å². The van der Waals surface area contributed by atoms with Crippen LogP contribution in [-0.2, 0) is 28.7 Å². The fraction of sp³-hybridized carbons (Fsp3) is 0.364. The number of hydrogen-bond donors (Lipinski definition) is 0. The van der Waals surface area contributed by atoms with Gasteiger partial charge in [0.05, 0.1) is 17.7 Å². The van der Waals surface area contributed by atoms with Crippen LogP contribution >= 0.6 is 0 Å². The van der Waals surface area contributed by atoms with Crippen molar-refractivity contribution in [2.24, 2.45) is 7.05 Å². The molecule has 0 spiro atoms. The van der Waals surface area contributed by atoms with E-state index in [1.807, 2.05) is 54.9 Å². The molecule has 6 nitrogen and oxygen atoms in total. The summed E-state index contributed by atoms with van der Waals surface area (Å²) in [6.07, 6.45) is 1.21. The normalized spacial score (nSPS) is 18.6. The molecule has 2 aromatic carbocycles.